The minimum atomic E-state index is 0.228. The monoisotopic (exact) mass is 330 g/mol. The van der Waals surface area contributed by atoms with Crippen molar-refractivity contribution >= 4 is 17.2 Å². The van der Waals surface area contributed by atoms with Gasteiger partial charge in [-0.2, -0.15) is 5.10 Å². The van der Waals surface area contributed by atoms with Gasteiger partial charge < -0.3 is 9.80 Å². The molecule has 23 heavy (non-hydrogen) atoms. The molecule has 4 rings (SSSR count). The molecule has 4 heterocycles. The van der Waals surface area contributed by atoms with Gasteiger partial charge in [0.1, 0.15) is 0 Å². The minimum absolute atomic E-state index is 0.228. The molecule has 0 aliphatic carbocycles. The number of hydrogen-bond acceptors (Lipinski definition) is 4. The lowest BCUT2D eigenvalue weighted by atomic mass is 10.1. The van der Waals surface area contributed by atoms with Gasteiger partial charge in [0, 0.05) is 24.2 Å². The van der Waals surface area contributed by atoms with Crippen molar-refractivity contribution in [2.45, 2.75) is 31.8 Å². The molecule has 0 bridgehead atoms. The molecule has 5 nitrogen and oxygen atoms in total. The second-order valence-corrected chi connectivity index (χ2v) is 7.49. The van der Waals surface area contributed by atoms with Crippen molar-refractivity contribution in [2.75, 3.05) is 26.2 Å². The van der Waals surface area contributed by atoms with Crippen molar-refractivity contribution in [3.63, 3.8) is 0 Å². The van der Waals surface area contributed by atoms with Crippen molar-refractivity contribution in [2.24, 2.45) is 0 Å². The molecule has 2 aromatic heterocycles. The maximum absolute atomic E-state index is 12.7. The zero-order chi connectivity index (χ0) is 15.6. The average molecular weight is 330 g/mol. The number of likely N-dealkylation sites (tertiary alicyclic amines) is 1. The van der Waals surface area contributed by atoms with Crippen LogP contribution in [0.5, 0.6) is 0 Å². The third-order valence-electron chi connectivity index (χ3n) is 4.81. The molecule has 2 aliphatic rings. The number of hydrogen-bond donors (Lipinski definition) is 0. The normalized spacial score (nSPS) is 21.6. The average Bonchev–Trinajstić information content (AvgIpc) is 3.29. The molecule has 0 saturated carbocycles. The van der Waals surface area contributed by atoms with E-state index in [1.54, 1.807) is 11.3 Å². The van der Waals surface area contributed by atoms with Crippen LogP contribution >= 0.6 is 11.3 Å². The molecule has 0 N–H and O–H groups in total. The Bertz CT molecular complexity index is 660. The van der Waals surface area contributed by atoms with Crippen LogP contribution < -0.4 is 0 Å². The molecule has 2 aromatic rings. The predicted molar refractivity (Wildman–Crippen MR) is 90.4 cm³/mol. The van der Waals surface area contributed by atoms with Gasteiger partial charge in [-0.1, -0.05) is 6.07 Å². The largest absolute Gasteiger partial charge is 0.334 e. The van der Waals surface area contributed by atoms with Gasteiger partial charge in [-0.25, -0.2) is 0 Å². The van der Waals surface area contributed by atoms with Crippen LogP contribution in [0.4, 0.5) is 0 Å². The SMILES string of the molecule is O=C(Cc1cccs1)N1Cc2ccnn2[C@@H](CN2CCCC2)C1. The number of carbonyl (C=O) groups is 1. The summed E-state index contributed by atoms with van der Waals surface area (Å²) in [6, 6.07) is 6.37. The first-order valence-corrected chi connectivity index (χ1v) is 9.22. The summed E-state index contributed by atoms with van der Waals surface area (Å²) in [4.78, 5) is 18.3. The standard InChI is InChI=1S/C17H22N4OS/c22-17(10-16-4-3-9-23-16)20-12-14-5-6-18-21(14)15(13-20)11-19-7-1-2-8-19/h3-6,9,15H,1-2,7-8,10-13H2/t15-/m0/s1. The molecular formula is C17H22N4OS. The van der Waals surface area contributed by atoms with Crippen LogP contribution in [0.1, 0.15) is 29.5 Å². The van der Waals surface area contributed by atoms with Gasteiger partial charge in [-0.3, -0.25) is 9.48 Å². The maximum atomic E-state index is 12.7. The Balaban J connectivity index is 1.48. The van der Waals surface area contributed by atoms with Gasteiger partial charge in [-0.05, 0) is 43.4 Å². The number of thiophene rings is 1. The quantitative estimate of drug-likeness (QED) is 0.863. The highest BCUT2D eigenvalue weighted by Gasteiger charge is 2.30. The van der Waals surface area contributed by atoms with E-state index >= 15 is 0 Å². The lowest BCUT2D eigenvalue weighted by Gasteiger charge is -2.35. The Kier molecular flexibility index (Phi) is 4.18. The Hall–Kier alpha value is -1.66. The number of aromatic nitrogens is 2. The van der Waals surface area contributed by atoms with Crippen LogP contribution in [-0.4, -0.2) is 51.7 Å². The van der Waals surface area contributed by atoms with Crippen LogP contribution in [0.3, 0.4) is 0 Å². The smallest absolute Gasteiger partial charge is 0.228 e. The van der Waals surface area contributed by atoms with E-state index in [1.807, 2.05) is 34.7 Å². The van der Waals surface area contributed by atoms with Gasteiger partial charge in [0.05, 0.1) is 24.7 Å². The Morgan fingerprint density at radius 1 is 1.30 bits per heavy atom. The molecule has 0 radical (unpaired) electrons. The summed E-state index contributed by atoms with van der Waals surface area (Å²) in [6.45, 7) is 4.81. The zero-order valence-corrected chi connectivity index (χ0v) is 14.0. The van der Waals surface area contributed by atoms with E-state index in [1.165, 1.54) is 25.9 Å². The van der Waals surface area contributed by atoms with E-state index in [-0.39, 0.29) is 11.9 Å². The minimum Gasteiger partial charge on any atom is -0.334 e. The Morgan fingerprint density at radius 3 is 2.96 bits per heavy atom. The van der Waals surface area contributed by atoms with Crippen LogP contribution in [-0.2, 0) is 17.8 Å². The van der Waals surface area contributed by atoms with Crippen molar-refractivity contribution in [3.8, 4) is 0 Å². The highest BCUT2D eigenvalue weighted by molar-refractivity contribution is 7.10. The number of nitrogens with zero attached hydrogens (tertiary/aromatic N) is 4. The summed E-state index contributed by atoms with van der Waals surface area (Å²) in [6.07, 6.45) is 4.96. The molecule has 122 valence electrons. The number of fused-ring (bicyclic) bond motifs is 1. The van der Waals surface area contributed by atoms with Crippen LogP contribution in [0.2, 0.25) is 0 Å². The summed E-state index contributed by atoms with van der Waals surface area (Å²) in [5, 5.41) is 6.54. The molecule has 0 spiro atoms. The van der Waals surface area contributed by atoms with E-state index in [9.17, 15) is 4.79 Å². The van der Waals surface area contributed by atoms with Crippen molar-refractivity contribution in [1.29, 1.82) is 0 Å². The second-order valence-electron chi connectivity index (χ2n) is 6.46. The van der Waals surface area contributed by atoms with E-state index < -0.39 is 0 Å². The van der Waals surface area contributed by atoms with Gasteiger partial charge in [0.15, 0.2) is 0 Å². The highest BCUT2D eigenvalue weighted by Crippen LogP contribution is 2.24. The molecule has 6 heteroatoms. The zero-order valence-electron chi connectivity index (χ0n) is 13.2. The second kappa shape index (κ2) is 6.45. The van der Waals surface area contributed by atoms with E-state index in [2.05, 4.69) is 14.7 Å². The van der Waals surface area contributed by atoms with E-state index in [4.69, 9.17) is 0 Å². The fraction of sp³-hybridized carbons (Fsp3) is 0.529. The molecule has 1 amide bonds. The topological polar surface area (TPSA) is 41.4 Å². The van der Waals surface area contributed by atoms with Crippen LogP contribution in [0.15, 0.2) is 29.8 Å². The van der Waals surface area contributed by atoms with Gasteiger partial charge in [0.25, 0.3) is 0 Å². The molecule has 2 aliphatic heterocycles. The first-order chi connectivity index (χ1) is 11.3. The first kappa shape index (κ1) is 14.9. The van der Waals surface area contributed by atoms with Gasteiger partial charge in [-0.15, -0.1) is 11.3 Å². The summed E-state index contributed by atoms with van der Waals surface area (Å²) in [5.74, 6) is 0.228. The Morgan fingerprint density at radius 2 is 2.17 bits per heavy atom. The number of rotatable bonds is 4. The Labute approximate surface area is 140 Å². The molecular weight excluding hydrogens is 308 g/mol. The molecule has 1 fully saturated rings. The number of carbonyl (C=O) groups excluding carboxylic acids is 1. The lowest BCUT2D eigenvalue weighted by Crippen LogP contribution is -2.45. The summed E-state index contributed by atoms with van der Waals surface area (Å²) in [7, 11) is 0. The highest BCUT2D eigenvalue weighted by atomic mass is 32.1. The molecule has 1 atom stereocenters. The van der Waals surface area contributed by atoms with Gasteiger partial charge in [0.2, 0.25) is 5.91 Å². The van der Waals surface area contributed by atoms with Crippen molar-refractivity contribution < 1.29 is 4.79 Å². The summed E-state index contributed by atoms with van der Waals surface area (Å²) >= 11 is 1.66. The van der Waals surface area contributed by atoms with Crippen molar-refractivity contribution in [1.82, 2.24) is 19.6 Å². The predicted octanol–water partition coefficient (Wildman–Crippen LogP) is 2.17. The fourth-order valence-corrected chi connectivity index (χ4v) is 4.35. The third kappa shape index (κ3) is 3.19. The van der Waals surface area contributed by atoms with Gasteiger partial charge >= 0.3 is 0 Å². The van der Waals surface area contributed by atoms with E-state index in [0.717, 1.165) is 23.7 Å². The van der Waals surface area contributed by atoms with Crippen LogP contribution in [0, 0.1) is 0 Å². The lowest BCUT2D eigenvalue weighted by molar-refractivity contribution is -0.132. The van der Waals surface area contributed by atoms with E-state index in [0.29, 0.717) is 13.0 Å². The molecule has 1 saturated heterocycles. The van der Waals surface area contributed by atoms with Crippen LogP contribution in [0.25, 0.3) is 0 Å². The molecule has 0 aromatic carbocycles. The maximum Gasteiger partial charge on any atom is 0.228 e. The molecule has 0 unspecified atom stereocenters. The first-order valence-electron chi connectivity index (χ1n) is 8.34. The van der Waals surface area contributed by atoms with Crippen molar-refractivity contribution in [3.05, 3.63) is 40.3 Å². The fourth-order valence-electron chi connectivity index (χ4n) is 3.65. The number of amides is 1. The third-order valence-corrected chi connectivity index (χ3v) is 5.68. The summed E-state index contributed by atoms with van der Waals surface area (Å²) in [5.41, 5.74) is 1.15. The summed E-state index contributed by atoms with van der Waals surface area (Å²) < 4.78 is 2.13.